The van der Waals surface area contributed by atoms with Crippen molar-refractivity contribution in [1.82, 2.24) is 24.9 Å². The molecule has 2 aliphatic heterocycles. The maximum atomic E-state index is 14.1. The average Bonchev–Trinajstić information content (AvgIpc) is 3.63. The van der Waals surface area contributed by atoms with E-state index in [1.807, 2.05) is 58.1 Å². The van der Waals surface area contributed by atoms with Gasteiger partial charge in [0.1, 0.15) is 11.7 Å². The SMILES string of the molecule is CN[C@@H](C)C(=O)N[C@H](C(=O)N1CCC[C@H]1c1cn2cccc(-c3ccc(NC(C)=O)cc3)c2n1)C1CCOCC1. The molecule has 0 unspecified atom stereocenters. The van der Waals surface area contributed by atoms with Gasteiger partial charge < -0.3 is 30.0 Å². The lowest BCUT2D eigenvalue weighted by atomic mass is 9.90. The lowest BCUT2D eigenvalue weighted by Crippen LogP contribution is -2.56. The third-order valence-corrected chi connectivity index (χ3v) is 8.02. The van der Waals surface area contributed by atoms with Gasteiger partial charge in [-0.25, -0.2) is 4.98 Å². The Labute approximate surface area is 234 Å². The van der Waals surface area contributed by atoms with Crippen LogP contribution in [0.5, 0.6) is 0 Å². The number of nitrogens with one attached hydrogen (secondary N) is 3. The molecule has 2 saturated heterocycles. The van der Waals surface area contributed by atoms with Crippen molar-refractivity contribution in [2.24, 2.45) is 5.92 Å². The summed E-state index contributed by atoms with van der Waals surface area (Å²) in [6, 6.07) is 10.5. The molecule has 2 aromatic heterocycles. The normalized spacial score (nSPS) is 19.4. The average molecular weight is 547 g/mol. The minimum Gasteiger partial charge on any atom is -0.381 e. The van der Waals surface area contributed by atoms with Crippen molar-refractivity contribution in [3.05, 3.63) is 54.5 Å². The summed E-state index contributed by atoms with van der Waals surface area (Å²) in [7, 11) is 1.74. The summed E-state index contributed by atoms with van der Waals surface area (Å²) in [5.41, 5.74) is 4.34. The molecule has 10 heteroatoms. The number of imidazole rings is 1. The molecule has 0 radical (unpaired) electrons. The molecular weight excluding hydrogens is 508 g/mol. The molecular formula is C30H38N6O4. The second-order valence-corrected chi connectivity index (χ2v) is 10.7. The minimum absolute atomic E-state index is 0.0311. The van der Waals surface area contributed by atoms with Crippen LogP contribution in [-0.2, 0) is 19.1 Å². The van der Waals surface area contributed by atoms with Gasteiger partial charge in [0.25, 0.3) is 0 Å². The number of anilines is 1. The van der Waals surface area contributed by atoms with Crippen LogP contribution in [-0.4, -0.2) is 70.9 Å². The standard InChI is InChI=1S/C30H38N6O4/c1-19(31-3)29(38)34-27(22-12-16-40-17-13-22)30(39)36-15-5-7-26(36)25-18-35-14-4-6-24(28(35)33-25)21-8-10-23(11-9-21)32-20(2)37/h4,6,8-11,14,18-19,22,26-27,31H,5,7,12-13,15-17H2,1-3H3,(H,32,37)(H,34,38)/t19-,26-,27-/m0/s1. The topological polar surface area (TPSA) is 117 Å². The van der Waals surface area contributed by atoms with Gasteiger partial charge in [-0.2, -0.15) is 0 Å². The fourth-order valence-electron chi connectivity index (χ4n) is 5.71. The second kappa shape index (κ2) is 12.2. The van der Waals surface area contributed by atoms with Crippen LogP contribution in [0, 0.1) is 5.92 Å². The second-order valence-electron chi connectivity index (χ2n) is 10.7. The van der Waals surface area contributed by atoms with Crippen molar-refractivity contribution in [2.75, 3.05) is 32.1 Å². The number of hydrogen-bond acceptors (Lipinski definition) is 6. The number of likely N-dealkylation sites (tertiary alicyclic amines) is 1. The van der Waals surface area contributed by atoms with Crippen LogP contribution >= 0.6 is 0 Å². The van der Waals surface area contributed by atoms with Gasteiger partial charge in [-0.15, -0.1) is 0 Å². The van der Waals surface area contributed by atoms with Crippen LogP contribution in [0.2, 0.25) is 0 Å². The molecule has 212 valence electrons. The van der Waals surface area contributed by atoms with E-state index < -0.39 is 12.1 Å². The van der Waals surface area contributed by atoms with Crippen molar-refractivity contribution < 1.29 is 19.1 Å². The zero-order valence-electron chi connectivity index (χ0n) is 23.4. The Morgan fingerprint density at radius 1 is 1.07 bits per heavy atom. The number of hydrogen-bond donors (Lipinski definition) is 3. The molecule has 0 aliphatic carbocycles. The highest BCUT2D eigenvalue weighted by atomic mass is 16.5. The van der Waals surface area contributed by atoms with E-state index in [0.29, 0.717) is 19.8 Å². The van der Waals surface area contributed by atoms with E-state index in [2.05, 4.69) is 16.0 Å². The molecule has 0 bridgehead atoms. The maximum absolute atomic E-state index is 14.1. The van der Waals surface area contributed by atoms with Crippen molar-refractivity contribution in [1.29, 1.82) is 0 Å². The van der Waals surface area contributed by atoms with Gasteiger partial charge in [0.05, 0.1) is 17.8 Å². The first-order chi connectivity index (χ1) is 19.4. The Morgan fingerprint density at radius 3 is 2.52 bits per heavy atom. The Morgan fingerprint density at radius 2 is 1.82 bits per heavy atom. The smallest absolute Gasteiger partial charge is 0.246 e. The van der Waals surface area contributed by atoms with Crippen molar-refractivity contribution in [2.45, 2.75) is 57.7 Å². The molecule has 0 spiro atoms. The van der Waals surface area contributed by atoms with Gasteiger partial charge in [0.2, 0.25) is 17.7 Å². The van der Waals surface area contributed by atoms with E-state index >= 15 is 0 Å². The summed E-state index contributed by atoms with van der Waals surface area (Å²) < 4.78 is 7.54. The van der Waals surface area contributed by atoms with Crippen molar-refractivity contribution >= 4 is 29.1 Å². The largest absolute Gasteiger partial charge is 0.381 e. The first-order valence-electron chi connectivity index (χ1n) is 14.1. The van der Waals surface area contributed by atoms with Crippen molar-refractivity contribution in [3.63, 3.8) is 0 Å². The number of amides is 3. The maximum Gasteiger partial charge on any atom is 0.246 e. The van der Waals surface area contributed by atoms with Crippen LogP contribution in [0.3, 0.4) is 0 Å². The van der Waals surface area contributed by atoms with E-state index in [4.69, 9.17) is 9.72 Å². The number of aromatic nitrogens is 2. The van der Waals surface area contributed by atoms with Crippen LogP contribution in [0.4, 0.5) is 5.69 Å². The molecule has 3 atom stereocenters. The lowest BCUT2D eigenvalue weighted by molar-refractivity contribution is -0.140. The zero-order chi connectivity index (χ0) is 28.2. The summed E-state index contributed by atoms with van der Waals surface area (Å²) in [6.45, 7) is 5.10. The third kappa shape index (κ3) is 5.88. The fraction of sp³-hybridized carbons (Fsp3) is 0.467. The number of nitrogens with zero attached hydrogens (tertiary/aromatic N) is 3. The van der Waals surface area contributed by atoms with Gasteiger partial charge >= 0.3 is 0 Å². The molecule has 4 heterocycles. The summed E-state index contributed by atoms with van der Waals surface area (Å²) in [4.78, 5) is 45.3. The number of benzene rings is 1. The number of pyridine rings is 1. The van der Waals surface area contributed by atoms with Gasteiger partial charge in [0.15, 0.2) is 0 Å². The van der Waals surface area contributed by atoms with E-state index in [1.165, 1.54) is 6.92 Å². The van der Waals surface area contributed by atoms with Crippen LogP contribution < -0.4 is 16.0 Å². The van der Waals surface area contributed by atoms with Crippen LogP contribution in [0.1, 0.15) is 51.3 Å². The molecule has 10 nitrogen and oxygen atoms in total. The highest BCUT2D eigenvalue weighted by Gasteiger charge is 2.40. The van der Waals surface area contributed by atoms with Crippen LogP contribution in [0.15, 0.2) is 48.8 Å². The Hall–Kier alpha value is -3.76. The van der Waals surface area contributed by atoms with Crippen molar-refractivity contribution in [3.8, 4) is 11.1 Å². The first kappa shape index (κ1) is 27.8. The zero-order valence-corrected chi connectivity index (χ0v) is 23.4. The predicted octanol–water partition coefficient (Wildman–Crippen LogP) is 3.14. The molecule has 0 saturated carbocycles. The quantitative estimate of drug-likeness (QED) is 0.400. The number of ether oxygens (including phenoxy) is 1. The van der Waals surface area contributed by atoms with Gasteiger partial charge in [0, 0.05) is 50.3 Å². The lowest BCUT2D eigenvalue weighted by Gasteiger charge is -2.35. The minimum atomic E-state index is -0.595. The molecule has 2 aliphatic rings. The molecule has 3 aromatic rings. The highest BCUT2D eigenvalue weighted by Crippen LogP contribution is 2.35. The third-order valence-electron chi connectivity index (χ3n) is 8.02. The van der Waals surface area contributed by atoms with Crippen LogP contribution in [0.25, 0.3) is 16.8 Å². The number of fused-ring (bicyclic) bond motifs is 1. The number of carbonyl (C=O) groups is 3. The monoisotopic (exact) mass is 546 g/mol. The predicted molar refractivity (Wildman–Crippen MR) is 153 cm³/mol. The fourth-order valence-corrected chi connectivity index (χ4v) is 5.71. The Balaban J connectivity index is 1.42. The molecule has 3 N–H and O–H groups in total. The molecule has 3 amide bonds. The molecule has 40 heavy (non-hydrogen) atoms. The first-order valence-corrected chi connectivity index (χ1v) is 14.1. The summed E-state index contributed by atoms with van der Waals surface area (Å²) in [5, 5.41) is 8.82. The molecule has 1 aromatic carbocycles. The highest BCUT2D eigenvalue weighted by molar-refractivity contribution is 5.91. The Kier molecular flexibility index (Phi) is 8.46. The summed E-state index contributed by atoms with van der Waals surface area (Å²) in [5.74, 6) is -0.302. The summed E-state index contributed by atoms with van der Waals surface area (Å²) in [6.07, 6.45) is 7.14. The Bertz CT molecular complexity index is 1360. The van der Waals surface area contributed by atoms with Gasteiger partial charge in [-0.3, -0.25) is 14.4 Å². The number of rotatable bonds is 8. The number of likely N-dealkylation sites (N-methyl/N-ethyl adjacent to an activating group) is 1. The molecule has 2 fully saturated rings. The van der Waals surface area contributed by atoms with E-state index in [1.54, 1.807) is 14.0 Å². The van der Waals surface area contributed by atoms with E-state index in [-0.39, 0.29) is 29.7 Å². The summed E-state index contributed by atoms with van der Waals surface area (Å²) >= 11 is 0. The van der Waals surface area contributed by atoms with E-state index in [9.17, 15) is 14.4 Å². The molecule has 5 rings (SSSR count). The van der Waals surface area contributed by atoms with Gasteiger partial charge in [-0.1, -0.05) is 12.1 Å². The van der Waals surface area contributed by atoms with E-state index in [0.717, 1.165) is 53.8 Å². The van der Waals surface area contributed by atoms with Gasteiger partial charge in [-0.05, 0) is 75.4 Å². The number of carbonyl (C=O) groups excluding carboxylic acids is 3.